The van der Waals surface area contributed by atoms with Crippen molar-refractivity contribution >= 4 is 5.95 Å². The van der Waals surface area contributed by atoms with Crippen LogP contribution in [0.4, 0.5) is 5.95 Å². The van der Waals surface area contributed by atoms with E-state index in [1.54, 1.807) is 13.3 Å². The lowest BCUT2D eigenvalue weighted by molar-refractivity contribution is 0.183. The highest BCUT2D eigenvalue weighted by atomic mass is 16.5. The normalized spacial score (nSPS) is 10.8. The fourth-order valence-corrected chi connectivity index (χ4v) is 1.80. The predicted molar refractivity (Wildman–Crippen MR) is 74.6 cm³/mol. The molecule has 0 bridgehead atoms. The number of rotatable bonds is 8. The highest BCUT2D eigenvalue weighted by Gasteiger charge is 2.06. The van der Waals surface area contributed by atoms with Gasteiger partial charge in [-0.1, -0.05) is 13.3 Å². The number of nitrogens with one attached hydrogen (secondary N) is 1. The van der Waals surface area contributed by atoms with Gasteiger partial charge in [0.25, 0.3) is 0 Å². The number of nitrogens with zero attached hydrogens (tertiary/aromatic N) is 4. The zero-order chi connectivity index (χ0) is 13.5. The van der Waals surface area contributed by atoms with Gasteiger partial charge in [-0.05, 0) is 6.42 Å². The van der Waals surface area contributed by atoms with Crippen LogP contribution in [-0.4, -0.2) is 39.6 Å². The molecule has 0 spiro atoms. The van der Waals surface area contributed by atoms with E-state index in [4.69, 9.17) is 4.74 Å². The molecule has 6 nitrogen and oxygen atoms in total. The van der Waals surface area contributed by atoms with E-state index in [1.807, 2.05) is 27.8 Å². The lowest BCUT2D eigenvalue weighted by Crippen LogP contribution is -2.07. The number of ether oxygens (including phenoxy) is 1. The molecule has 0 aromatic carbocycles. The SMILES string of the molecule is CCCCNc1nccn1-c1cnn(CCOC)c1. The average molecular weight is 263 g/mol. The van der Waals surface area contributed by atoms with Gasteiger partial charge >= 0.3 is 0 Å². The first-order chi connectivity index (χ1) is 9.35. The van der Waals surface area contributed by atoms with Crippen molar-refractivity contribution in [2.75, 3.05) is 25.6 Å². The molecule has 2 heterocycles. The fraction of sp³-hybridized carbons (Fsp3) is 0.538. The van der Waals surface area contributed by atoms with Gasteiger partial charge in [0.2, 0.25) is 5.95 Å². The van der Waals surface area contributed by atoms with E-state index < -0.39 is 0 Å². The minimum Gasteiger partial charge on any atom is -0.383 e. The van der Waals surface area contributed by atoms with Crippen LogP contribution in [0.2, 0.25) is 0 Å². The molecule has 0 amide bonds. The molecule has 0 aliphatic rings. The van der Waals surface area contributed by atoms with Crippen LogP contribution < -0.4 is 5.32 Å². The van der Waals surface area contributed by atoms with Crippen molar-refractivity contribution in [1.82, 2.24) is 19.3 Å². The second kappa shape index (κ2) is 6.94. The molecule has 0 aliphatic heterocycles. The van der Waals surface area contributed by atoms with Gasteiger partial charge < -0.3 is 10.1 Å². The van der Waals surface area contributed by atoms with Crippen molar-refractivity contribution < 1.29 is 4.74 Å². The average Bonchev–Trinajstić information content (AvgIpc) is 3.04. The maximum Gasteiger partial charge on any atom is 0.207 e. The number of imidazole rings is 1. The molecule has 2 aromatic heterocycles. The monoisotopic (exact) mass is 263 g/mol. The van der Waals surface area contributed by atoms with Gasteiger partial charge in [-0.25, -0.2) is 4.98 Å². The molecule has 1 N–H and O–H groups in total. The number of unbranched alkanes of at least 4 members (excludes halogenated alkanes) is 1. The third-order valence-corrected chi connectivity index (χ3v) is 2.88. The number of hydrogen-bond donors (Lipinski definition) is 1. The maximum absolute atomic E-state index is 5.04. The summed E-state index contributed by atoms with van der Waals surface area (Å²) in [5.74, 6) is 0.861. The number of methoxy groups -OCH3 is 1. The van der Waals surface area contributed by atoms with Crippen molar-refractivity contribution in [2.24, 2.45) is 0 Å². The third kappa shape index (κ3) is 3.57. The largest absolute Gasteiger partial charge is 0.383 e. The predicted octanol–water partition coefficient (Wildman–Crippen LogP) is 1.93. The molecule has 104 valence electrons. The molecular formula is C13H21N5O. The summed E-state index contributed by atoms with van der Waals surface area (Å²) in [5.41, 5.74) is 1.01. The van der Waals surface area contributed by atoms with Crippen molar-refractivity contribution in [3.63, 3.8) is 0 Å². The highest BCUT2D eigenvalue weighted by Crippen LogP contribution is 2.13. The third-order valence-electron chi connectivity index (χ3n) is 2.88. The smallest absolute Gasteiger partial charge is 0.207 e. The zero-order valence-corrected chi connectivity index (χ0v) is 11.5. The first kappa shape index (κ1) is 13.6. The maximum atomic E-state index is 5.04. The van der Waals surface area contributed by atoms with Crippen molar-refractivity contribution in [3.8, 4) is 5.69 Å². The Morgan fingerprint density at radius 2 is 2.32 bits per heavy atom. The van der Waals surface area contributed by atoms with Crippen LogP contribution in [0, 0.1) is 0 Å². The van der Waals surface area contributed by atoms with Crippen LogP contribution in [0.25, 0.3) is 5.69 Å². The molecule has 0 aliphatic carbocycles. The van der Waals surface area contributed by atoms with Crippen LogP contribution in [-0.2, 0) is 11.3 Å². The molecule has 19 heavy (non-hydrogen) atoms. The van der Waals surface area contributed by atoms with E-state index in [-0.39, 0.29) is 0 Å². The first-order valence-electron chi connectivity index (χ1n) is 6.64. The second-order valence-electron chi connectivity index (χ2n) is 4.36. The molecule has 0 saturated carbocycles. The van der Waals surface area contributed by atoms with Gasteiger partial charge in [0, 0.05) is 32.2 Å². The zero-order valence-electron chi connectivity index (χ0n) is 11.5. The number of hydrogen-bond acceptors (Lipinski definition) is 4. The van der Waals surface area contributed by atoms with E-state index in [0.29, 0.717) is 6.61 Å². The Morgan fingerprint density at radius 1 is 1.42 bits per heavy atom. The first-order valence-corrected chi connectivity index (χ1v) is 6.64. The fourth-order valence-electron chi connectivity index (χ4n) is 1.80. The van der Waals surface area contributed by atoms with Crippen molar-refractivity contribution in [3.05, 3.63) is 24.8 Å². The van der Waals surface area contributed by atoms with Gasteiger partial charge in [0.15, 0.2) is 0 Å². The van der Waals surface area contributed by atoms with Crippen molar-refractivity contribution in [2.45, 2.75) is 26.3 Å². The summed E-state index contributed by atoms with van der Waals surface area (Å²) in [6, 6.07) is 0. The standard InChI is InChI=1S/C13H21N5O/c1-3-4-5-14-13-15-6-7-18(13)12-10-16-17(11-12)8-9-19-2/h6-7,10-11H,3-5,8-9H2,1-2H3,(H,14,15). The molecule has 2 rings (SSSR count). The molecule has 0 fully saturated rings. The van der Waals surface area contributed by atoms with Crippen LogP contribution >= 0.6 is 0 Å². The summed E-state index contributed by atoms with van der Waals surface area (Å²) in [7, 11) is 1.69. The van der Waals surface area contributed by atoms with Gasteiger partial charge in [-0.3, -0.25) is 9.25 Å². The Labute approximate surface area is 113 Å². The van der Waals surface area contributed by atoms with Gasteiger partial charge in [-0.2, -0.15) is 5.10 Å². The topological polar surface area (TPSA) is 56.9 Å². The van der Waals surface area contributed by atoms with E-state index in [0.717, 1.165) is 31.1 Å². The van der Waals surface area contributed by atoms with Crippen LogP contribution in [0.1, 0.15) is 19.8 Å². The second-order valence-corrected chi connectivity index (χ2v) is 4.36. The molecule has 0 radical (unpaired) electrons. The summed E-state index contributed by atoms with van der Waals surface area (Å²) in [6.07, 6.45) is 9.86. The summed E-state index contributed by atoms with van der Waals surface area (Å²) >= 11 is 0. The molecule has 0 unspecified atom stereocenters. The summed E-state index contributed by atoms with van der Waals surface area (Å²) in [5, 5.41) is 7.64. The Hall–Kier alpha value is -1.82. The number of anilines is 1. The summed E-state index contributed by atoms with van der Waals surface area (Å²) < 4.78 is 8.92. The molecule has 2 aromatic rings. The lowest BCUT2D eigenvalue weighted by Gasteiger charge is -2.07. The summed E-state index contributed by atoms with van der Waals surface area (Å²) in [4.78, 5) is 4.33. The quantitative estimate of drug-likeness (QED) is 0.739. The van der Waals surface area contributed by atoms with E-state index >= 15 is 0 Å². The van der Waals surface area contributed by atoms with E-state index in [2.05, 4.69) is 22.3 Å². The number of aromatic nitrogens is 4. The lowest BCUT2D eigenvalue weighted by atomic mass is 10.3. The molecule has 0 atom stereocenters. The van der Waals surface area contributed by atoms with Crippen LogP contribution in [0.5, 0.6) is 0 Å². The van der Waals surface area contributed by atoms with Gasteiger partial charge in [0.05, 0.1) is 25.0 Å². The minimum atomic E-state index is 0.659. The molecular weight excluding hydrogens is 242 g/mol. The Morgan fingerprint density at radius 3 is 3.11 bits per heavy atom. The highest BCUT2D eigenvalue weighted by molar-refractivity contribution is 5.39. The Balaban J connectivity index is 2.04. The van der Waals surface area contributed by atoms with E-state index in [1.165, 1.54) is 6.42 Å². The van der Waals surface area contributed by atoms with Gasteiger partial charge in [0.1, 0.15) is 0 Å². The Bertz CT molecular complexity index is 491. The Kier molecular flexibility index (Phi) is 4.97. The molecule has 6 heteroatoms. The minimum absolute atomic E-state index is 0.659. The summed E-state index contributed by atoms with van der Waals surface area (Å²) in [6.45, 7) is 4.52. The van der Waals surface area contributed by atoms with Gasteiger partial charge in [-0.15, -0.1) is 0 Å². The van der Waals surface area contributed by atoms with E-state index in [9.17, 15) is 0 Å². The van der Waals surface area contributed by atoms with Crippen molar-refractivity contribution in [1.29, 1.82) is 0 Å². The molecule has 0 saturated heterocycles. The van der Waals surface area contributed by atoms with Crippen LogP contribution in [0.3, 0.4) is 0 Å². The van der Waals surface area contributed by atoms with Crippen LogP contribution in [0.15, 0.2) is 24.8 Å².